The van der Waals surface area contributed by atoms with Crippen molar-refractivity contribution in [3.63, 3.8) is 0 Å². The zero-order valence-electron chi connectivity index (χ0n) is 11.5. The molecule has 0 spiro atoms. The molecule has 5 heteroatoms. The number of thioether (sulfide) groups is 1. The molecule has 0 aliphatic heterocycles. The molecule has 0 bridgehead atoms. The van der Waals surface area contributed by atoms with Gasteiger partial charge in [-0.1, -0.05) is 32.9 Å². The first-order chi connectivity index (χ1) is 7.94. The van der Waals surface area contributed by atoms with Crippen LogP contribution >= 0.6 is 11.8 Å². The monoisotopic (exact) mass is 256 g/mol. The van der Waals surface area contributed by atoms with Crippen LogP contribution in [0, 0.1) is 0 Å². The fourth-order valence-corrected chi connectivity index (χ4v) is 2.47. The first-order valence-corrected chi connectivity index (χ1v) is 7.14. The Morgan fingerprint density at radius 1 is 1.47 bits per heavy atom. The summed E-state index contributed by atoms with van der Waals surface area (Å²) in [5.74, 6) is 1.05. The van der Waals surface area contributed by atoms with Gasteiger partial charge in [0.05, 0.1) is 17.9 Å². The zero-order chi connectivity index (χ0) is 12.9. The molecule has 0 fully saturated rings. The average molecular weight is 256 g/mol. The van der Waals surface area contributed by atoms with Crippen molar-refractivity contribution in [2.75, 3.05) is 12.3 Å². The van der Waals surface area contributed by atoms with Crippen molar-refractivity contribution < 1.29 is 0 Å². The van der Waals surface area contributed by atoms with Gasteiger partial charge in [-0.05, 0) is 13.0 Å². The van der Waals surface area contributed by atoms with Gasteiger partial charge in [-0.3, -0.25) is 4.68 Å². The van der Waals surface area contributed by atoms with E-state index >= 15 is 0 Å². The number of nitrogens with one attached hydrogen (secondary N) is 1. The van der Waals surface area contributed by atoms with Crippen LogP contribution in [-0.2, 0) is 7.05 Å². The van der Waals surface area contributed by atoms with E-state index in [1.807, 2.05) is 29.7 Å². The third-order valence-electron chi connectivity index (χ3n) is 2.43. The van der Waals surface area contributed by atoms with Crippen molar-refractivity contribution in [2.24, 2.45) is 7.05 Å². The van der Waals surface area contributed by atoms with Crippen LogP contribution in [0.2, 0.25) is 0 Å². The molecule has 0 aliphatic rings. The minimum absolute atomic E-state index is 0.290. The lowest BCUT2D eigenvalue weighted by atomic mass is 10.2. The molecule has 1 unspecified atom stereocenters. The van der Waals surface area contributed by atoms with Crippen molar-refractivity contribution in [3.8, 4) is 0 Å². The van der Waals surface area contributed by atoms with Crippen LogP contribution in [0.5, 0.6) is 0 Å². The molecule has 0 amide bonds. The number of hydrogen-bond donors (Lipinski definition) is 1. The lowest BCUT2D eigenvalue weighted by Gasteiger charge is -2.23. The minimum atomic E-state index is 0.290. The summed E-state index contributed by atoms with van der Waals surface area (Å²) in [7, 11) is 1.95. The van der Waals surface area contributed by atoms with Gasteiger partial charge in [-0.25, -0.2) is 0 Å². The normalized spacial score (nSPS) is 13.9. The highest BCUT2D eigenvalue weighted by molar-refractivity contribution is 8.00. The van der Waals surface area contributed by atoms with Gasteiger partial charge in [0.15, 0.2) is 0 Å². The van der Waals surface area contributed by atoms with Gasteiger partial charge < -0.3 is 5.32 Å². The standard InChI is InChI=1S/C12H24N4S/c1-6-7-13-10(9-17-12(2,3)4)11-8-14-15-16(11)5/h8,10,13H,6-7,9H2,1-5H3. The van der Waals surface area contributed by atoms with Crippen molar-refractivity contribution in [1.82, 2.24) is 20.3 Å². The van der Waals surface area contributed by atoms with Crippen LogP contribution in [-0.4, -0.2) is 32.0 Å². The van der Waals surface area contributed by atoms with E-state index in [-0.39, 0.29) is 4.75 Å². The number of rotatable bonds is 6. The number of aryl methyl sites for hydroxylation is 1. The predicted molar refractivity (Wildman–Crippen MR) is 74.2 cm³/mol. The van der Waals surface area contributed by atoms with Crippen molar-refractivity contribution in [2.45, 2.75) is 44.9 Å². The Morgan fingerprint density at radius 2 is 2.18 bits per heavy atom. The second kappa shape index (κ2) is 6.40. The Balaban J connectivity index is 2.64. The molecule has 1 atom stereocenters. The first-order valence-electron chi connectivity index (χ1n) is 6.16. The Kier molecular flexibility index (Phi) is 5.46. The maximum atomic E-state index is 4.01. The molecule has 1 aromatic rings. The molecule has 0 radical (unpaired) electrons. The molecule has 1 heterocycles. The molecule has 98 valence electrons. The summed E-state index contributed by atoms with van der Waals surface area (Å²) in [4.78, 5) is 0. The number of aromatic nitrogens is 3. The molecule has 1 aromatic heterocycles. The van der Waals surface area contributed by atoms with Gasteiger partial charge >= 0.3 is 0 Å². The highest BCUT2D eigenvalue weighted by Crippen LogP contribution is 2.27. The molecule has 4 nitrogen and oxygen atoms in total. The zero-order valence-corrected chi connectivity index (χ0v) is 12.3. The lowest BCUT2D eigenvalue weighted by Crippen LogP contribution is -2.27. The van der Waals surface area contributed by atoms with Gasteiger partial charge in [0.25, 0.3) is 0 Å². The predicted octanol–water partition coefficient (Wildman–Crippen LogP) is 2.39. The summed E-state index contributed by atoms with van der Waals surface area (Å²) < 4.78 is 2.15. The van der Waals surface area contributed by atoms with E-state index in [1.54, 1.807) is 0 Å². The fraction of sp³-hybridized carbons (Fsp3) is 0.833. The van der Waals surface area contributed by atoms with Gasteiger partial charge in [0, 0.05) is 17.5 Å². The molecular formula is C12H24N4S. The largest absolute Gasteiger partial charge is 0.308 e. The molecule has 0 saturated carbocycles. The summed E-state index contributed by atoms with van der Waals surface area (Å²) in [6.07, 6.45) is 3.00. The van der Waals surface area contributed by atoms with Crippen LogP contribution in [0.4, 0.5) is 0 Å². The van der Waals surface area contributed by atoms with E-state index in [0.717, 1.165) is 24.4 Å². The van der Waals surface area contributed by atoms with E-state index in [1.165, 1.54) is 0 Å². The van der Waals surface area contributed by atoms with Crippen LogP contribution in [0.15, 0.2) is 6.20 Å². The Hall–Kier alpha value is -0.550. The summed E-state index contributed by atoms with van der Waals surface area (Å²) in [6.45, 7) is 9.95. The highest BCUT2D eigenvalue weighted by Gasteiger charge is 2.19. The second-order valence-electron chi connectivity index (χ2n) is 5.21. The smallest absolute Gasteiger partial charge is 0.0761 e. The molecule has 1 rings (SSSR count). The molecule has 0 saturated heterocycles. The Labute approximate surface area is 109 Å². The van der Waals surface area contributed by atoms with Gasteiger partial charge in [-0.15, -0.1) is 5.10 Å². The quantitative estimate of drug-likeness (QED) is 0.848. The van der Waals surface area contributed by atoms with Crippen LogP contribution in [0.1, 0.15) is 45.9 Å². The molecule has 0 aromatic carbocycles. The minimum Gasteiger partial charge on any atom is -0.308 e. The van der Waals surface area contributed by atoms with E-state index < -0.39 is 0 Å². The highest BCUT2D eigenvalue weighted by atomic mass is 32.2. The van der Waals surface area contributed by atoms with Crippen LogP contribution < -0.4 is 5.32 Å². The average Bonchev–Trinajstić information content (AvgIpc) is 2.63. The SMILES string of the molecule is CCCNC(CSC(C)(C)C)c1cnnn1C. The van der Waals surface area contributed by atoms with Gasteiger partial charge in [0.2, 0.25) is 0 Å². The van der Waals surface area contributed by atoms with E-state index in [9.17, 15) is 0 Å². The van der Waals surface area contributed by atoms with Crippen molar-refractivity contribution >= 4 is 11.8 Å². The maximum Gasteiger partial charge on any atom is 0.0761 e. The van der Waals surface area contributed by atoms with E-state index in [2.05, 4.69) is 43.3 Å². The van der Waals surface area contributed by atoms with Crippen molar-refractivity contribution in [3.05, 3.63) is 11.9 Å². The topological polar surface area (TPSA) is 42.7 Å². The summed E-state index contributed by atoms with van der Waals surface area (Å²) in [5, 5.41) is 11.5. The third kappa shape index (κ3) is 5.08. The van der Waals surface area contributed by atoms with Crippen molar-refractivity contribution in [1.29, 1.82) is 0 Å². The Bertz CT molecular complexity index is 329. The first kappa shape index (κ1) is 14.5. The van der Waals surface area contributed by atoms with Gasteiger partial charge in [0.1, 0.15) is 0 Å². The fourth-order valence-electron chi connectivity index (χ4n) is 1.51. The molecule has 0 aliphatic carbocycles. The number of hydrogen-bond acceptors (Lipinski definition) is 4. The maximum absolute atomic E-state index is 4.01. The van der Waals surface area contributed by atoms with E-state index in [0.29, 0.717) is 6.04 Å². The Morgan fingerprint density at radius 3 is 2.65 bits per heavy atom. The van der Waals surface area contributed by atoms with E-state index in [4.69, 9.17) is 0 Å². The molecular weight excluding hydrogens is 232 g/mol. The molecule has 17 heavy (non-hydrogen) atoms. The third-order valence-corrected chi connectivity index (χ3v) is 3.80. The van der Waals surface area contributed by atoms with Crippen LogP contribution in [0.3, 0.4) is 0 Å². The number of nitrogens with zero attached hydrogens (tertiary/aromatic N) is 3. The molecule has 1 N–H and O–H groups in total. The lowest BCUT2D eigenvalue weighted by molar-refractivity contribution is 0.531. The van der Waals surface area contributed by atoms with Crippen LogP contribution in [0.25, 0.3) is 0 Å². The van der Waals surface area contributed by atoms with Gasteiger partial charge in [-0.2, -0.15) is 11.8 Å². The summed E-state index contributed by atoms with van der Waals surface area (Å²) in [5.41, 5.74) is 1.16. The second-order valence-corrected chi connectivity index (χ2v) is 7.06. The summed E-state index contributed by atoms with van der Waals surface area (Å²) >= 11 is 1.97. The summed E-state index contributed by atoms with van der Waals surface area (Å²) in [6, 6.07) is 0.333.